The molecule has 3 heteroatoms. The van der Waals surface area contributed by atoms with Crippen molar-refractivity contribution >= 4 is 15.9 Å². The minimum absolute atomic E-state index is 0.0640. The second kappa shape index (κ2) is 4.11. The maximum Gasteiger partial charge on any atom is 0.130 e. The Balaban J connectivity index is 2.63. The molecule has 1 aliphatic rings. The molecule has 1 fully saturated rings. The van der Waals surface area contributed by atoms with Crippen LogP contribution in [0.4, 0.5) is 4.39 Å². The minimum atomic E-state index is -0.108. The predicted octanol–water partition coefficient (Wildman–Crippen LogP) is 3.59. The van der Waals surface area contributed by atoms with Crippen LogP contribution in [0.5, 0.6) is 0 Å². The third kappa shape index (κ3) is 1.61. The Morgan fingerprint density at radius 3 is 2.50 bits per heavy atom. The van der Waals surface area contributed by atoms with Gasteiger partial charge in [0.1, 0.15) is 5.82 Å². The molecule has 1 nitrogen and oxygen atoms in total. The van der Waals surface area contributed by atoms with E-state index in [0.717, 1.165) is 34.9 Å². The first-order valence-corrected chi connectivity index (χ1v) is 6.47. The molecule has 0 aliphatic heterocycles. The normalized spacial score (nSPS) is 18.3. The average Bonchev–Trinajstić information content (AvgIpc) is 2.19. The summed E-state index contributed by atoms with van der Waals surface area (Å²) in [6.07, 6.45) is 3.18. The summed E-state index contributed by atoms with van der Waals surface area (Å²) >= 11 is 3.50. The Kier molecular flexibility index (Phi) is 3.10. The SMILES string of the molecule is Cc1cc(Br)c(C)c(C2(CN)CCC2)c1F. The number of nitrogens with two attached hydrogens (primary N) is 1. The van der Waals surface area contributed by atoms with E-state index in [0.29, 0.717) is 12.1 Å². The van der Waals surface area contributed by atoms with Crippen molar-refractivity contribution in [2.45, 2.75) is 38.5 Å². The summed E-state index contributed by atoms with van der Waals surface area (Å²) in [6.45, 7) is 4.32. The molecule has 0 atom stereocenters. The summed E-state index contributed by atoms with van der Waals surface area (Å²) in [6, 6.07) is 1.84. The van der Waals surface area contributed by atoms with E-state index in [1.165, 1.54) is 0 Å². The molecule has 1 aliphatic carbocycles. The lowest BCUT2D eigenvalue weighted by Gasteiger charge is -2.43. The summed E-state index contributed by atoms with van der Waals surface area (Å²) in [7, 11) is 0. The number of hydrogen-bond acceptors (Lipinski definition) is 1. The van der Waals surface area contributed by atoms with Gasteiger partial charge in [-0.05, 0) is 49.4 Å². The molecule has 88 valence electrons. The van der Waals surface area contributed by atoms with Gasteiger partial charge >= 0.3 is 0 Å². The van der Waals surface area contributed by atoms with E-state index in [1.54, 1.807) is 0 Å². The van der Waals surface area contributed by atoms with Crippen LogP contribution in [0.2, 0.25) is 0 Å². The highest BCUT2D eigenvalue weighted by Crippen LogP contribution is 2.46. The van der Waals surface area contributed by atoms with Crippen molar-refractivity contribution in [2.75, 3.05) is 6.54 Å². The molecule has 0 unspecified atom stereocenters. The van der Waals surface area contributed by atoms with Crippen LogP contribution >= 0.6 is 15.9 Å². The van der Waals surface area contributed by atoms with E-state index in [4.69, 9.17) is 5.73 Å². The molecular weight excluding hydrogens is 269 g/mol. The molecule has 0 amide bonds. The molecule has 0 heterocycles. The zero-order valence-corrected chi connectivity index (χ0v) is 11.3. The Hall–Kier alpha value is -0.410. The van der Waals surface area contributed by atoms with E-state index in [-0.39, 0.29) is 11.2 Å². The molecule has 0 saturated heterocycles. The second-order valence-electron chi connectivity index (χ2n) is 4.83. The van der Waals surface area contributed by atoms with Gasteiger partial charge in [-0.3, -0.25) is 0 Å². The van der Waals surface area contributed by atoms with Crippen LogP contribution < -0.4 is 5.73 Å². The zero-order valence-electron chi connectivity index (χ0n) is 9.74. The lowest BCUT2D eigenvalue weighted by atomic mass is 9.63. The van der Waals surface area contributed by atoms with Crippen molar-refractivity contribution in [3.8, 4) is 0 Å². The molecular formula is C13H17BrFN. The van der Waals surface area contributed by atoms with Crippen molar-refractivity contribution < 1.29 is 4.39 Å². The van der Waals surface area contributed by atoms with Gasteiger partial charge in [-0.1, -0.05) is 22.4 Å². The van der Waals surface area contributed by atoms with Gasteiger partial charge in [0.2, 0.25) is 0 Å². The zero-order chi connectivity index (χ0) is 11.9. The van der Waals surface area contributed by atoms with Gasteiger partial charge in [-0.15, -0.1) is 0 Å². The summed E-state index contributed by atoms with van der Waals surface area (Å²) in [5.41, 5.74) is 8.30. The van der Waals surface area contributed by atoms with Crippen molar-refractivity contribution in [1.82, 2.24) is 0 Å². The quantitative estimate of drug-likeness (QED) is 0.883. The van der Waals surface area contributed by atoms with Gasteiger partial charge in [-0.2, -0.15) is 0 Å². The van der Waals surface area contributed by atoms with Gasteiger partial charge < -0.3 is 5.73 Å². The fraction of sp³-hybridized carbons (Fsp3) is 0.538. The predicted molar refractivity (Wildman–Crippen MR) is 68.2 cm³/mol. The topological polar surface area (TPSA) is 26.0 Å². The summed E-state index contributed by atoms with van der Waals surface area (Å²) in [4.78, 5) is 0. The lowest BCUT2D eigenvalue weighted by Crippen LogP contribution is -2.43. The number of aryl methyl sites for hydroxylation is 1. The number of rotatable bonds is 2. The van der Waals surface area contributed by atoms with E-state index in [2.05, 4.69) is 15.9 Å². The van der Waals surface area contributed by atoms with Gasteiger partial charge in [0.05, 0.1) is 0 Å². The van der Waals surface area contributed by atoms with E-state index in [1.807, 2.05) is 19.9 Å². The smallest absolute Gasteiger partial charge is 0.130 e. The van der Waals surface area contributed by atoms with Gasteiger partial charge in [0.25, 0.3) is 0 Å². The van der Waals surface area contributed by atoms with E-state index in [9.17, 15) is 4.39 Å². The Bertz CT molecular complexity index is 393. The van der Waals surface area contributed by atoms with E-state index < -0.39 is 0 Å². The molecule has 2 N–H and O–H groups in total. The molecule has 16 heavy (non-hydrogen) atoms. The van der Waals surface area contributed by atoms with Gasteiger partial charge in [-0.25, -0.2) is 4.39 Å². The van der Waals surface area contributed by atoms with Crippen LogP contribution in [0.1, 0.15) is 36.0 Å². The molecule has 0 radical (unpaired) electrons. The highest BCUT2D eigenvalue weighted by Gasteiger charge is 2.41. The largest absolute Gasteiger partial charge is 0.330 e. The average molecular weight is 286 g/mol. The monoisotopic (exact) mass is 285 g/mol. The van der Waals surface area contributed by atoms with Crippen LogP contribution in [0.15, 0.2) is 10.5 Å². The fourth-order valence-electron chi connectivity index (χ4n) is 2.63. The van der Waals surface area contributed by atoms with Gasteiger partial charge in [0, 0.05) is 16.4 Å². The summed E-state index contributed by atoms with van der Waals surface area (Å²) in [5, 5.41) is 0. The Labute approximate surface area is 104 Å². The lowest BCUT2D eigenvalue weighted by molar-refractivity contribution is 0.243. The molecule has 2 rings (SSSR count). The maximum atomic E-state index is 14.3. The van der Waals surface area contributed by atoms with Crippen molar-refractivity contribution in [1.29, 1.82) is 0 Å². The molecule has 1 aromatic rings. The first-order chi connectivity index (χ1) is 7.52. The minimum Gasteiger partial charge on any atom is -0.330 e. The van der Waals surface area contributed by atoms with Crippen LogP contribution in [0.3, 0.4) is 0 Å². The van der Waals surface area contributed by atoms with Crippen LogP contribution in [0.25, 0.3) is 0 Å². The number of benzene rings is 1. The maximum absolute atomic E-state index is 14.3. The molecule has 0 spiro atoms. The first kappa shape index (κ1) is 12.1. The Morgan fingerprint density at radius 2 is 2.06 bits per heavy atom. The van der Waals surface area contributed by atoms with Crippen molar-refractivity contribution in [3.05, 3.63) is 33.0 Å². The number of hydrogen-bond donors (Lipinski definition) is 1. The van der Waals surface area contributed by atoms with Crippen molar-refractivity contribution in [3.63, 3.8) is 0 Å². The number of halogens is 2. The standard InChI is InChI=1S/C13H17BrFN/c1-8-6-10(14)9(2)11(12(8)15)13(7-16)4-3-5-13/h6H,3-5,7,16H2,1-2H3. The van der Waals surface area contributed by atoms with Crippen LogP contribution in [-0.4, -0.2) is 6.54 Å². The second-order valence-corrected chi connectivity index (χ2v) is 5.68. The third-order valence-corrected chi connectivity index (χ3v) is 4.70. The summed E-state index contributed by atoms with van der Waals surface area (Å²) < 4.78 is 15.3. The van der Waals surface area contributed by atoms with Crippen LogP contribution in [0, 0.1) is 19.7 Å². The first-order valence-electron chi connectivity index (χ1n) is 5.67. The molecule has 0 aromatic heterocycles. The summed E-state index contributed by atoms with van der Waals surface area (Å²) in [5.74, 6) is -0.0640. The Morgan fingerprint density at radius 1 is 1.44 bits per heavy atom. The fourth-order valence-corrected chi connectivity index (χ4v) is 3.17. The highest BCUT2D eigenvalue weighted by molar-refractivity contribution is 9.10. The molecule has 0 bridgehead atoms. The van der Waals surface area contributed by atoms with Crippen molar-refractivity contribution in [2.24, 2.45) is 5.73 Å². The highest BCUT2D eigenvalue weighted by atomic mass is 79.9. The van der Waals surface area contributed by atoms with E-state index >= 15 is 0 Å². The third-order valence-electron chi connectivity index (χ3n) is 3.87. The van der Waals surface area contributed by atoms with Crippen LogP contribution in [-0.2, 0) is 5.41 Å². The molecule has 1 aromatic carbocycles. The molecule has 1 saturated carbocycles. The van der Waals surface area contributed by atoms with Gasteiger partial charge in [0.15, 0.2) is 0 Å².